The van der Waals surface area contributed by atoms with Crippen molar-refractivity contribution in [3.63, 3.8) is 0 Å². The highest BCUT2D eigenvalue weighted by molar-refractivity contribution is 8.01. The van der Waals surface area contributed by atoms with Gasteiger partial charge in [-0.1, -0.05) is 36.4 Å². The summed E-state index contributed by atoms with van der Waals surface area (Å²) in [7, 11) is -2.64. The molecule has 11 heteroatoms. The van der Waals surface area contributed by atoms with Gasteiger partial charge in [-0.15, -0.1) is 11.3 Å². The number of hydrogen-bond donors (Lipinski definition) is 4. The van der Waals surface area contributed by atoms with Crippen molar-refractivity contribution in [1.29, 1.82) is 5.41 Å². The summed E-state index contributed by atoms with van der Waals surface area (Å²) in [4.78, 5) is 18.6. The fourth-order valence-electron chi connectivity index (χ4n) is 4.68. The zero-order valence-electron chi connectivity index (χ0n) is 25.2. The third-order valence-corrected chi connectivity index (χ3v) is 10.8. The summed E-state index contributed by atoms with van der Waals surface area (Å²) in [6.07, 6.45) is 2.38. The predicted octanol–water partition coefficient (Wildman–Crippen LogP) is 5.97. The lowest BCUT2D eigenvalue weighted by molar-refractivity contribution is 0.0525. The van der Waals surface area contributed by atoms with Gasteiger partial charge in [-0.2, -0.15) is 0 Å². The summed E-state index contributed by atoms with van der Waals surface area (Å²) < 4.78 is 30.3. The highest BCUT2D eigenvalue weighted by Crippen LogP contribution is 2.34. The molecule has 1 amide bonds. The van der Waals surface area contributed by atoms with Crippen molar-refractivity contribution >= 4 is 48.1 Å². The topological polar surface area (TPSA) is 139 Å². The van der Waals surface area contributed by atoms with Crippen molar-refractivity contribution in [1.82, 2.24) is 15.0 Å². The van der Waals surface area contributed by atoms with Crippen LogP contribution in [-0.4, -0.2) is 44.7 Å². The molecule has 0 bridgehead atoms. The molecule has 1 fully saturated rings. The lowest BCUT2D eigenvalue weighted by Crippen LogP contribution is -2.33. The SMILES string of the molecule is CC(C)(C)OC(=O)NCCCOc1ccc2nc(C(Cc3cccc(C(=N)N)c3)NS(=O)(=C3CC3)c3ccccc3)sc2c1. The summed E-state index contributed by atoms with van der Waals surface area (Å²) in [6.45, 7) is 6.36. The molecule has 0 saturated heterocycles. The van der Waals surface area contributed by atoms with Gasteiger partial charge in [-0.05, 0) is 88.4 Å². The van der Waals surface area contributed by atoms with E-state index in [1.807, 2.05) is 93.6 Å². The van der Waals surface area contributed by atoms with Crippen molar-refractivity contribution in [2.45, 2.75) is 63.0 Å². The molecule has 2 unspecified atom stereocenters. The van der Waals surface area contributed by atoms with E-state index in [0.717, 1.165) is 43.4 Å². The third kappa shape index (κ3) is 8.16. The molecule has 5 N–H and O–H groups in total. The molecule has 1 aromatic heterocycles. The van der Waals surface area contributed by atoms with E-state index in [-0.39, 0.29) is 11.9 Å². The van der Waals surface area contributed by atoms with Crippen molar-refractivity contribution in [3.05, 3.63) is 88.9 Å². The molecule has 1 aliphatic carbocycles. The predicted molar refractivity (Wildman–Crippen MR) is 178 cm³/mol. The standard InChI is InChI=1S/C33H39N5O4S2/c1-33(2,3)42-32(39)36-17-8-18-41-24-13-16-27-29(21-24)43-31(37-27)28(20-22-9-7-10-23(19-22)30(34)35)38-44(40,26-14-15-26)25-11-5-4-6-12-25/h4-7,9-13,16,19,21,28H,8,14-15,17-18,20H2,1-3H3,(H3,34,35)(H,36,39)(H,38,40). The number of aromatic nitrogens is 1. The van der Waals surface area contributed by atoms with Gasteiger partial charge in [0.15, 0.2) is 0 Å². The smallest absolute Gasteiger partial charge is 0.407 e. The number of hydrogen-bond acceptors (Lipinski definition) is 7. The fourth-order valence-corrected chi connectivity index (χ4v) is 8.25. The summed E-state index contributed by atoms with van der Waals surface area (Å²) in [5, 5.41) is 11.4. The van der Waals surface area contributed by atoms with Gasteiger partial charge in [0.25, 0.3) is 0 Å². The quantitative estimate of drug-likeness (QED) is 0.0656. The second kappa shape index (κ2) is 13.4. The molecule has 4 aromatic rings. The van der Waals surface area contributed by atoms with Gasteiger partial charge >= 0.3 is 6.09 Å². The van der Waals surface area contributed by atoms with Gasteiger partial charge in [0.2, 0.25) is 0 Å². The van der Waals surface area contributed by atoms with Crippen LogP contribution in [-0.2, 0) is 20.9 Å². The Morgan fingerprint density at radius 2 is 1.86 bits per heavy atom. The number of rotatable bonds is 12. The second-order valence-electron chi connectivity index (χ2n) is 11.7. The molecule has 232 valence electrons. The number of carbonyl (C=O) groups is 1. The molecule has 0 aliphatic heterocycles. The largest absolute Gasteiger partial charge is 0.493 e. The number of amidine groups is 1. The molecule has 3 aromatic carbocycles. The number of amides is 1. The lowest BCUT2D eigenvalue weighted by Gasteiger charge is -2.21. The Kier molecular flexibility index (Phi) is 9.57. The number of nitrogens with one attached hydrogen (secondary N) is 3. The summed E-state index contributed by atoms with van der Waals surface area (Å²) in [5.41, 5.74) is 7.68. The first kappa shape index (κ1) is 31.5. The van der Waals surface area contributed by atoms with E-state index in [4.69, 9.17) is 25.6 Å². The Balaban J connectivity index is 1.35. The number of benzene rings is 3. The monoisotopic (exact) mass is 633 g/mol. The molecular weight excluding hydrogens is 595 g/mol. The molecule has 1 aliphatic rings. The third-order valence-electron chi connectivity index (χ3n) is 6.85. The number of nitrogens with two attached hydrogens (primary N) is 1. The number of alkyl carbamates (subject to hydrolysis) is 1. The van der Waals surface area contributed by atoms with Crippen LogP contribution in [0.25, 0.3) is 10.2 Å². The Hall–Kier alpha value is -3.93. The number of nitrogens with zero attached hydrogens (tertiary/aromatic N) is 1. The molecule has 0 spiro atoms. The van der Waals surface area contributed by atoms with E-state index in [9.17, 15) is 9.00 Å². The van der Waals surface area contributed by atoms with Crippen molar-refractivity contribution in [3.8, 4) is 5.75 Å². The Bertz CT molecular complexity index is 1770. The molecule has 0 radical (unpaired) electrons. The molecular formula is C33H39N5O4S2. The molecule has 44 heavy (non-hydrogen) atoms. The van der Waals surface area contributed by atoms with Crippen LogP contribution < -0.4 is 20.5 Å². The number of carbonyl (C=O) groups excluding carboxylic acids is 1. The van der Waals surface area contributed by atoms with Crippen molar-refractivity contribution in [2.75, 3.05) is 13.2 Å². The molecule has 2 atom stereocenters. The lowest BCUT2D eigenvalue weighted by atomic mass is 10.0. The van der Waals surface area contributed by atoms with Crippen LogP contribution in [0.3, 0.4) is 0 Å². The van der Waals surface area contributed by atoms with Crippen LogP contribution in [0.15, 0.2) is 77.7 Å². The average molecular weight is 634 g/mol. The molecule has 1 heterocycles. The first-order valence-electron chi connectivity index (χ1n) is 14.6. The molecule has 1 saturated carbocycles. The summed E-state index contributed by atoms with van der Waals surface area (Å²) in [6, 6.07) is 22.6. The zero-order chi connectivity index (χ0) is 31.3. The number of nitrogen functional groups attached to an aromatic ring is 1. The van der Waals surface area contributed by atoms with Crippen LogP contribution in [0.5, 0.6) is 5.75 Å². The average Bonchev–Trinajstić information content (AvgIpc) is 3.76. The van der Waals surface area contributed by atoms with Gasteiger partial charge in [-0.25, -0.2) is 18.7 Å². The highest BCUT2D eigenvalue weighted by Gasteiger charge is 2.30. The van der Waals surface area contributed by atoms with E-state index in [1.165, 1.54) is 0 Å². The maximum atomic E-state index is 14.6. The van der Waals surface area contributed by atoms with E-state index < -0.39 is 21.4 Å². The van der Waals surface area contributed by atoms with E-state index in [1.54, 1.807) is 11.3 Å². The van der Waals surface area contributed by atoms with Crippen LogP contribution in [0.2, 0.25) is 0 Å². The maximum Gasteiger partial charge on any atom is 0.407 e. The van der Waals surface area contributed by atoms with Crippen LogP contribution in [0, 0.1) is 5.41 Å². The molecule has 5 rings (SSSR count). The summed E-state index contributed by atoms with van der Waals surface area (Å²) >= 11 is 1.54. The van der Waals surface area contributed by atoms with Crippen molar-refractivity contribution in [2.24, 2.45) is 5.73 Å². The minimum absolute atomic E-state index is 0.00566. The second-order valence-corrected chi connectivity index (χ2v) is 15.2. The van der Waals surface area contributed by atoms with Crippen LogP contribution in [0.4, 0.5) is 4.79 Å². The van der Waals surface area contributed by atoms with Gasteiger partial charge in [0.1, 0.15) is 22.2 Å². The Labute approximate surface area is 262 Å². The first-order chi connectivity index (χ1) is 21.0. The fraction of sp³-hybridized carbons (Fsp3) is 0.333. The van der Waals surface area contributed by atoms with Crippen LogP contribution >= 0.6 is 11.3 Å². The Morgan fingerprint density at radius 3 is 2.57 bits per heavy atom. The number of fused-ring (bicyclic) bond motifs is 1. The maximum absolute atomic E-state index is 14.6. The van der Waals surface area contributed by atoms with Gasteiger partial charge in [0, 0.05) is 21.9 Å². The highest BCUT2D eigenvalue weighted by atomic mass is 32.2. The van der Waals surface area contributed by atoms with Gasteiger partial charge < -0.3 is 20.5 Å². The number of thiazole rings is 1. The van der Waals surface area contributed by atoms with E-state index >= 15 is 0 Å². The zero-order valence-corrected chi connectivity index (χ0v) is 26.9. The van der Waals surface area contributed by atoms with E-state index in [2.05, 4.69) is 10.0 Å². The minimum atomic E-state index is -2.64. The van der Waals surface area contributed by atoms with Gasteiger partial charge in [0.05, 0.1) is 32.6 Å². The first-order valence-corrected chi connectivity index (χ1v) is 17.0. The van der Waals surface area contributed by atoms with E-state index in [0.29, 0.717) is 37.3 Å². The van der Waals surface area contributed by atoms with Gasteiger partial charge in [-0.3, -0.25) is 5.41 Å². The van der Waals surface area contributed by atoms with Crippen molar-refractivity contribution < 1.29 is 18.5 Å². The summed E-state index contributed by atoms with van der Waals surface area (Å²) in [5.74, 6) is 0.719. The molecule has 9 nitrogen and oxygen atoms in total. The number of ether oxygens (including phenoxy) is 2. The van der Waals surface area contributed by atoms with Crippen LogP contribution in [0.1, 0.15) is 62.2 Å². The Morgan fingerprint density at radius 1 is 1.09 bits per heavy atom. The minimum Gasteiger partial charge on any atom is -0.493 e. The normalized spacial score (nSPS) is 14.9.